The van der Waals surface area contributed by atoms with Crippen LogP contribution < -0.4 is 5.32 Å². The van der Waals surface area contributed by atoms with E-state index in [9.17, 15) is 0 Å². The van der Waals surface area contributed by atoms with Crippen LogP contribution in [0, 0.1) is 0 Å². The summed E-state index contributed by atoms with van der Waals surface area (Å²) in [7, 11) is 0. The fourth-order valence-electron chi connectivity index (χ4n) is 0.630. The van der Waals surface area contributed by atoms with Crippen LogP contribution in [-0.4, -0.2) is 35.5 Å². The first-order valence-corrected chi connectivity index (χ1v) is 3.69. The molecule has 0 aromatic rings. The normalized spacial score (nSPS) is 14.1. The van der Waals surface area contributed by atoms with Crippen molar-refractivity contribution in [3.05, 3.63) is 0 Å². The van der Waals surface area contributed by atoms with Crippen molar-refractivity contribution in [3.8, 4) is 0 Å². The average Bonchev–Trinajstić information content (AvgIpc) is 1.87. The van der Waals surface area contributed by atoms with Crippen molar-refractivity contribution in [1.29, 1.82) is 0 Å². The zero-order chi connectivity index (χ0) is 7.98. The third-order valence-corrected chi connectivity index (χ3v) is 1.24. The summed E-state index contributed by atoms with van der Waals surface area (Å²) >= 11 is 0. The molecule has 0 heterocycles. The lowest BCUT2D eigenvalue weighted by Gasteiger charge is -2.09. The Bertz CT molecular complexity index is 76.0. The Labute approximate surface area is 62.1 Å². The minimum atomic E-state index is -0.564. The topological polar surface area (TPSA) is 52.5 Å². The third kappa shape index (κ3) is 6.01. The minimum absolute atomic E-state index is 0.139. The number of nitrogens with one attached hydrogen (secondary N) is 1. The number of hydrogen-bond acceptors (Lipinski definition) is 3. The molecule has 3 N–H and O–H groups in total. The van der Waals surface area contributed by atoms with Gasteiger partial charge in [0.1, 0.15) is 0 Å². The maximum absolute atomic E-state index is 8.88. The summed E-state index contributed by atoms with van der Waals surface area (Å²) in [5.41, 5.74) is 0. The second kappa shape index (κ2) is 5.65. The Hall–Kier alpha value is -0.120. The Balaban J connectivity index is 3.03. The zero-order valence-corrected chi connectivity index (χ0v) is 6.67. The van der Waals surface area contributed by atoms with Crippen LogP contribution in [-0.2, 0) is 0 Å². The van der Waals surface area contributed by atoms with Crippen molar-refractivity contribution in [2.75, 3.05) is 13.2 Å². The van der Waals surface area contributed by atoms with E-state index in [0.717, 1.165) is 6.54 Å². The first-order chi connectivity index (χ1) is 4.66. The van der Waals surface area contributed by atoms with Gasteiger partial charge in [-0.3, -0.25) is 0 Å². The van der Waals surface area contributed by atoms with Gasteiger partial charge in [0.15, 0.2) is 0 Å². The molecule has 62 valence electrons. The summed E-state index contributed by atoms with van der Waals surface area (Å²) in [6, 6.07) is 0.450. The van der Waals surface area contributed by atoms with Gasteiger partial charge in [0.25, 0.3) is 0 Å². The van der Waals surface area contributed by atoms with Gasteiger partial charge in [-0.1, -0.05) is 13.8 Å². The standard InChI is InChI=1S/C7H17NO2/c1-6(2)8-4-3-7(10)5-9/h6-10H,3-5H2,1-2H3. The molecule has 0 saturated carbocycles. The molecule has 0 aliphatic heterocycles. The summed E-state index contributed by atoms with van der Waals surface area (Å²) in [4.78, 5) is 0. The summed E-state index contributed by atoms with van der Waals surface area (Å²) in [5.74, 6) is 0. The SMILES string of the molecule is CC(C)NCCC(O)CO. The van der Waals surface area contributed by atoms with Crippen molar-refractivity contribution in [2.45, 2.75) is 32.4 Å². The highest BCUT2D eigenvalue weighted by Gasteiger charge is 2.00. The molecule has 0 aromatic heterocycles. The average molecular weight is 147 g/mol. The quantitative estimate of drug-likeness (QED) is 0.501. The number of aliphatic hydroxyl groups is 2. The number of hydrogen-bond donors (Lipinski definition) is 3. The summed E-state index contributed by atoms with van der Waals surface area (Å²) in [6.45, 7) is 4.72. The van der Waals surface area contributed by atoms with E-state index in [2.05, 4.69) is 5.32 Å². The van der Waals surface area contributed by atoms with Gasteiger partial charge in [-0.05, 0) is 13.0 Å². The van der Waals surface area contributed by atoms with Crippen molar-refractivity contribution in [1.82, 2.24) is 5.32 Å². The van der Waals surface area contributed by atoms with Crippen LogP contribution in [0.4, 0.5) is 0 Å². The Morgan fingerprint density at radius 3 is 2.40 bits per heavy atom. The number of aliphatic hydroxyl groups excluding tert-OH is 2. The van der Waals surface area contributed by atoms with Gasteiger partial charge in [-0.15, -0.1) is 0 Å². The van der Waals surface area contributed by atoms with Crippen molar-refractivity contribution >= 4 is 0 Å². The van der Waals surface area contributed by atoms with Crippen LogP contribution in [0.25, 0.3) is 0 Å². The predicted molar refractivity (Wildman–Crippen MR) is 40.8 cm³/mol. The van der Waals surface area contributed by atoms with E-state index in [1.165, 1.54) is 0 Å². The highest BCUT2D eigenvalue weighted by Crippen LogP contribution is 1.87. The molecule has 1 unspecified atom stereocenters. The van der Waals surface area contributed by atoms with E-state index < -0.39 is 6.10 Å². The molecule has 0 bridgehead atoms. The van der Waals surface area contributed by atoms with Gasteiger partial charge in [0.2, 0.25) is 0 Å². The lowest BCUT2D eigenvalue weighted by Crippen LogP contribution is -2.27. The Morgan fingerprint density at radius 1 is 1.40 bits per heavy atom. The fourth-order valence-corrected chi connectivity index (χ4v) is 0.630. The van der Waals surface area contributed by atoms with Crippen LogP contribution in [0.5, 0.6) is 0 Å². The summed E-state index contributed by atoms with van der Waals surface area (Å²) < 4.78 is 0. The molecule has 10 heavy (non-hydrogen) atoms. The van der Waals surface area contributed by atoms with Crippen molar-refractivity contribution in [3.63, 3.8) is 0 Å². The first-order valence-electron chi connectivity index (χ1n) is 3.69. The zero-order valence-electron chi connectivity index (χ0n) is 6.67. The molecule has 3 heteroatoms. The van der Waals surface area contributed by atoms with E-state index in [1.54, 1.807) is 0 Å². The molecule has 0 saturated heterocycles. The smallest absolute Gasteiger partial charge is 0.0783 e. The highest BCUT2D eigenvalue weighted by atomic mass is 16.3. The maximum atomic E-state index is 8.88. The molecule has 1 atom stereocenters. The van der Waals surface area contributed by atoms with E-state index in [0.29, 0.717) is 12.5 Å². The molecule has 0 aliphatic carbocycles. The van der Waals surface area contributed by atoms with Gasteiger partial charge in [-0.2, -0.15) is 0 Å². The summed E-state index contributed by atoms with van der Waals surface area (Å²) in [6.07, 6.45) is 0.0561. The molecule has 0 spiro atoms. The molecule has 0 aliphatic rings. The lowest BCUT2D eigenvalue weighted by atomic mass is 10.2. The van der Waals surface area contributed by atoms with Gasteiger partial charge in [0.05, 0.1) is 12.7 Å². The van der Waals surface area contributed by atoms with Gasteiger partial charge in [0, 0.05) is 6.04 Å². The first kappa shape index (κ1) is 9.88. The molecule has 0 aromatic carbocycles. The van der Waals surface area contributed by atoms with Gasteiger partial charge >= 0.3 is 0 Å². The highest BCUT2D eigenvalue weighted by molar-refractivity contribution is 4.57. The lowest BCUT2D eigenvalue weighted by molar-refractivity contribution is 0.0879. The molecule has 0 amide bonds. The van der Waals surface area contributed by atoms with Crippen LogP contribution in [0.15, 0.2) is 0 Å². The largest absolute Gasteiger partial charge is 0.394 e. The van der Waals surface area contributed by atoms with E-state index >= 15 is 0 Å². The summed E-state index contributed by atoms with van der Waals surface area (Å²) in [5, 5.41) is 20.4. The van der Waals surface area contributed by atoms with Crippen molar-refractivity contribution < 1.29 is 10.2 Å². The molecule has 0 rings (SSSR count). The Morgan fingerprint density at radius 2 is 2.00 bits per heavy atom. The molecule has 0 radical (unpaired) electrons. The number of rotatable bonds is 5. The monoisotopic (exact) mass is 147 g/mol. The van der Waals surface area contributed by atoms with Crippen LogP contribution >= 0.6 is 0 Å². The van der Waals surface area contributed by atoms with E-state index in [1.807, 2.05) is 13.8 Å². The molecular weight excluding hydrogens is 130 g/mol. The second-order valence-electron chi connectivity index (χ2n) is 2.73. The Kier molecular flexibility index (Phi) is 5.58. The second-order valence-corrected chi connectivity index (χ2v) is 2.73. The van der Waals surface area contributed by atoms with Gasteiger partial charge < -0.3 is 15.5 Å². The van der Waals surface area contributed by atoms with Crippen LogP contribution in [0.1, 0.15) is 20.3 Å². The molecule has 3 nitrogen and oxygen atoms in total. The predicted octanol–water partition coefficient (Wildman–Crippen LogP) is -0.272. The van der Waals surface area contributed by atoms with Crippen LogP contribution in [0.3, 0.4) is 0 Å². The minimum Gasteiger partial charge on any atom is -0.394 e. The van der Waals surface area contributed by atoms with Gasteiger partial charge in [-0.25, -0.2) is 0 Å². The molecular formula is C7H17NO2. The fraction of sp³-hybridized carbons (Fsp3) is 1.00. The third-order valence-electron chi connectivity index (χ3n) is 1.24. The van der Waals surface area contributed by atoms with E-state index in [4.69, 9.17) is 10.2 Å². The molecule has 0 fully saturated rings. The van der Waals surface area contributed by atoms with E-state index in [-0.39, 0.29) is 6.61 Å². The van der Waals surface area contributed by atoms with Crippen LogP contribution in [0.2, 0.25) is 0 Å². The maximum Gasteiger partial charge on any atom is 0.0783 e. The van der Waals surface area contributed by atoms with Crippen molar-refractivity contribution in [2.24, 2.45) is 0 Å².